The highest BCUT2D eigenvalue weighted by atomic mass is 32.2. The lowest BCUT2D eigenvalue weighted by Gasteiger charge is -2.21. The van der Waals surface area contributed by atoms with Crippen molar-refractivity contribution in [3.8, 4) is 0 Å². The van der Waals surface area contributed by atoms with Crippen LogP contribution in [0.4, 0.5) is 0 Å². The fraction of sp³-hybridized carbons (Fsp3) is 0.250. The average Bonchev–Trinajstić information content (AvgIpc) is 2.68. The van der Waals surface area contributed by atoms with Crippen molar-refractivity contribution in [2.24, 2.45) is 5.73 Å². The highest BCUT2D eigenvalue weighted by Crippen LogP contribution is 2.40. The number of carboxylic acids is 1. The van der Waals surface area contributed by atoms with Crippen LogP contribution in [0.3, 0.4) is 0 Å². The molecule has 6 nitrogen and oxygen atoms in total. The number of carbonyl (C=O) groups is 2. The van der Waals surface area contributed by atoms with Crippen molar-refractivity contribution in [2.75, 3.05) is 12.9 Å². The van der Waals surface area contributed by atoms with Crippen LogP contribution >= 0.6 is 11.8 Å². The summed E-state index contributed by atoms with van der Waals surface area (Å²) in [5.74, 6) is -1.24. The number of carbonyl (C=O) groups excluding carboxylic acids is 1. The molecule has 0 aliphatic carbocycles. The molecule has 7 heteroatoms. The first kappa shape index (κ1) is 19.1. The molecule has 0 radical (unpaired) electrons. The van der Waals surface area contributed by atoms with E-state index < -0.39 is 12.0 Å². The summed E-state index contributed by atoms with van der Waals surface area (Å²) in [6.07, 6.45) is 0.117. The number of nitrogens with two attached hydrogens (primary N) is 1. The Morgan fingerprint density at radius 3 is 2.19 bits per heavy atom. The van der Waals surface area contributed by atoms with Gasteiger partial charge in [-0.2, -0.15) is 11.8 Å². The highest BCUT2D eigenvalue weighted by molar-refractivity contribution is 7.99. The SMILES string of the molecule is COC(=O)CC(SCC(N)C(=O)O)c1c2ccccc2nc2ccccc12. The third kappa shape index (κ3) is 4.20. The van der Waals surface area contributed by atoms with E-state index in [4.69, 9.17) is 20.6 Å². The molecule has 27 heavy (non-hydrogen) atoms. The molecule has 0 saturated carbocycles. The van der Waals surface area contributed by atoms with Crippen LogP contribution in [-0.2, 0) is 14.3 Å². The minimum atomic E-state index is -1.07. The zero-order valence-electron chi connectivity index (χ0n) is 14.8. The number of thioether (sulfide) groups is 1. The monoisotopic (exact) mass is 384 g/mol. The quantitative estimate of drug-likeness (QED) is 0.476. The first-order valence-electron chi connectivity index (χ1n) is 8.45. The number of methoxy groups -OCH3 is 1. The summed E-state index contributed by atoms with van der Waals surface area (Å²) in [6, 6.07) is 14.4. The molecule has 2 atom stereocenters. The van der Waals surface area contributed by atoms with E-state index in [0.717, 1.165) is 27.4 Å². The average molecular weight is 384 g/mol. The number of esters is 1. The van der Waals surface area contributed by atoms with Crippen molar-refractivity contribution >= 4 is 45.5 Å². The Morgan fingerprint density at radius 1 is 1.11 bits per heavy atom. The summed E-state index contributed by atoms with van der Waals surface area (Å²) in [5.41, 5.74) is 8.28. The van der Waals surface area contributed by atoms with E-state index in [9.17, 15) is 9.59 Å². The fourth-order valence-corrected chi connectivity index (χ4v) is 4.25. The van der Waals surface area contributed by atoms with Crippen molar-refractivity contribution in [2.45, 2.75) is 17.7 Å². The number of ether oxygens (including phenoxy) is 1. The highest BCUT2D eigenvalue weighted by Gasteiger charge is 2.24. The number of hydrogen-bond donors (Lipinski definition) is 2. The van der Waals surface area contributed by atoms with Crippen molar-refractivity contribution in [1.29, 1.82) is 0 Å². The zero-order valence-corrected chi connectivity index (χ0v) is 15.6. The molecule has 0 bridgehead atoms. The lowest BCUT2D eigenvalue weighted by atomic mass is 9.98. The molecule has 3 aromatic rings. The number of hydrogen-bond acceptors (Lipinski definition) is 6. The summed E-state index contributed by atoms with van der Waals surface area (Å²) in [6.45, 7) is 0. The molecular weight excluding hydrogens is 364 g/mol. The Bertz CT molecular complexity index is 938. The van der Waals surface area contributed by atoms with Crippen molar-refractivity contribution < 1.29 is 19.4 Å². The van der Waals surface area contributed by atoms with Gasteiger partial charge in [0, 0.05) is 21.8 Å². The van der Waals surface area contributed by atoms with Gasteiger partial charge in [0.15, 0.2) is 0 Å². The van der Waals surface area contributed by atoms with E-state index in [1.807, 2.05) is 48.5 Å². The fourth-order valence-electron chi connectivity index (χ4n) is 2.99. The number of aromatic nitrogens is 1. The van der Waals surface area contributed by atoms with Gasteiger partial charge in [-0.3, -0.25) is 9.59 Å². The molecule has 2 aromatic carbocycles. The summed E-state index contributed by atoms with van der Waals surface area (Å²) < 4.78 is 4.87. The summed E-state index contributed by atoms with van der Waals surface area (Å²) >= 11 is 1.35. The maximum atomic E-state index is 12.0. The van der Waals surface area contributed by atoms with Gasteiger partial charge in [-0.25, -0.2) is 4.98 Å². The largest absolute Gasteiger partial charge is 0.480 e. The van der Waals surface area contributed by atoms with Gasteiger partial charge in [-0.15, -0.1) is 0 Å². The zero-order chi connectivity index (χ0) is 19.4. The molecule has 3 N–H and O–H groups in total. The molecule has 3 rings (SSSR count). The molecule has 0 amide bonds. The summed E-state index contributed by atoms with van der Waals surface area (Å²) in [7, 11) is 1.34. The van der Waals surface area contributed by atoms with Crippen LogP contribution in [0.1, 0.15) is 17.2 Å². The van der Waals surface area contributed by atoms with E-state index in [-0.39, 0.29) is 23.4 Å². The van der Waals surface area contributed by atoms with Crippen LogP contribution in [-0.4, -0.2) is 40.9 Å². The Hall–Kier alpha value is -2.64. The van der Waals surface area contributed by atoms with E-state index in [2.05, 4.69) is 0 Å². The molecule has 0 aliphatic rings. The molecule has 2 unspecified atom stereocenters. The first-order valence-corrected chi connectivity index (χ1v) is 9.50. The third-order valence-corrected chi connectivity index (χ3v) is 5.68. The number of para-hydroxylation sites is 2. The van der Waals surface area contributed by atoms with Gasteiger partial charge in [0.25, 0.3) is 0 Å². The van der Waals surface area contributed by atoms with Gasteiger partial charge < -0.3 is 15.6 Å². The molecule has 0 fully saturated rings. The van der Waals surface area contributed by atoms with E-state index in [1.54, 1.807) is 0 Å². The smallest absolute Gasteiger partial charge is 0.321 e. The number of rotatable bonds is 7. The Morgan fingerprint density at radius 2 is 1.67 bits per heavy atom. The van der Waals surface area contributed by atoms with Gasteiger partial charge >= 0.3 is 11.9 Å². The van der Waals surface area contributed by atoms with Crippen molar-refractivity contribution in [1.82, 2.24) is 4.98 Å². The summed E-state index contributed by atoms with van der Waals surface area (Å²) in [4.78, 5) is 27.9. The Kier molecular flexibility index (Phi) is 5.93. The van der Waals surface area contributed by atoms with Crippen LogP contribution in [0.15, 0.2) is 48.5 Å². The molecule has 0 spiro atoms. The van der Waals surface area contributed by atoms with Gasteiger partial charge in [-0.1, -0.05) is 36.4 Å². The minimum Gasteiger partial charge on any atom is -0.480 e. The van der Waals surface area contributed by atoms with Crippen LogP contribution in [0.25, 0.3) is 21.8 Å². The number of carboxylic acid groups (broad SMARTS) is 1. The third-order valence-electron chi connectivity index (χ3n) is 4.33. The summed E-state index contributed by atoms with van der Waals surface area (Å²) in [5, 5.41) is 10.7. The van der Waals surface area contributed by atoms with Gasteiger partial charge in [0.05, 0.1) is 24.6 Å². The standard InChI is InChI=1S/C20H20N2O4S/c1-26-18(23)10-17(27-11-14(21)20(24)25)19-12-6-2-4-8-15(12)22-16-9-5-3-7-13(16)19/h2-9,14,17H,10-11,21H2,1H3,(H,24,25). The van der Waals surface area contributed by atoms with Crippen LogP contribution in [0.2, 0.25) is 0 Å². The Balaban J connectivity index is 2.14. The molecule has 140 valence electrons. The second-order valence-electron chi connectivity index (χ2n) is 6.11. The van der Waals surface area contributed by atoms with Gasteiger partial charge in [-0.05, 0) is 17.7 Å². The lowest BCUT2D eigenvalue weighted by Crippen LogP contribution is -2.32. The number of nitrogens with zero attached hydrogens (tertiary/aromatic N) is 1. The van der Waals surface area contributed by atoms with Crippen molar-refractivity contribution in [3.05, 3.63) is 54.1 Å². The van der Waals surface area contributed by atoms with Crippen molar-refractivity contribution in [3.63, 3.8) is 0 Å². The molecule has 0 saturated heterocycles. The number of fused-ring (bicyclic) bond motifs is 2. The number of aliphatic carboxylic acids is 1. The second-order valence-corrected chi connectivity index (χ2v) is 7.34. The molecule has 1 heterocycles. The maximum absolute atomic E-state index is 12.0. The first-order chi connectivity index (χ1) is 13.0. The molecule has 0 aliphatic heterocycles. The minimum absolute atomic E-state index is 0.117. The maximum Gasteiger partial charge on any atom is 0.321 e. The van der Waals surface area contributed by atoms with Gasteiger partial charge in [0.1, 0.15) is 6.04 Å². The predicted octanol–water partition coefficient (Wildman–Crippen LogP) is 3.14. The molecular formula is C20H20N2O4S. The van der Waals surface area contributed by atoms with E-state index >= 15 is 0 Å². The van der Waals surface area contributed by atoms with Crippen LogP contribution < -0.4 is 5.73 Å². The Labute approximate surface area is 160 Å². The second kappa shape index (κ2) is 8.37. The van der Waals surface area contributed by atoms with Crippen LogP contribution in [0.5, 0.6) is 0 Å². The van der Waals surface area contributed by atoms with Gasteiger partial charge in [0.2, 0.25) is 0 Å². The number of pyridine rings is 1. The molecule has 1 aromatic heterocycles. The topological polar surface area (TPSA) is 103 Å². The predicted molar refractivity (Wildman–Crippen MR) is 107 cm³/mol. The van der Waals surface area contributed by atoms with E-state index in [1.165, 1.54) is 18.9 Å². The van der Waals surface area contributed by atoms with Crippen LogP contribution in [0, 0.1) is 0 Å². The normalized spacial score (nSPS) is 13.4. The number of benzene rings is 2. The lowest BCUT2D eigenvalue weighted by molar-refractivity contribution is -0.140. The van der Waals surface area contributed by atoms with E-state index in [0.29, 0.717) is 0 Å².